The van der Waals surface area contributed by atoms with Crippen molar-refractivity contribution >= 4 is 17.4 Å². The van der Waals surface area contributed by atoms with E-state index in [1.807, 2.05) is 0 Å². The van der Waals surface area contributed by atoms with Crippen molar-refractivity contribution in [1.82, 2.24) is 9.78 Å². The second kappa shape index (κ2) is 4.95. The Labute approximate surface area is 86.8 Å². The minimum atomic E-state index is -0.571. The van der Waals surface area contributed by atoms with E-state index in [1.54, 1.807) is 0 Å². The van der Waals surface area contributed by atoms with E-state index < -0.39 is 4.92 Å². The Balaban J connectivity index is 2.62. The standard InChI is InChI=1S/C8H12ClN3O2/c1-2-3-4-5-11-6-7(9)8(10-11)12(13)14/h6H,2-5H2,1H3. The Kier molecular flexibility index (Phi) is 3.88. The van der Waals surface area contributed by atoms with E-state index in [1.165, 1.54) is 10.9 Å². The molecular formula is C8H12ClN3O2. The Morgan fingerprint density at radius 1 is 1.64 bits per heavy atom. The van der Waals surface area contributed by atoms with Gasteiger partial charge in [-0.15, -0.1) is 0 Å². The maximum absolute atomic E-state index is 10.4. The van der Waals surface area contributed by atoms with Gasteiger partial charge in [0.1, 0.15) is 0 Å². The van der Waals surface area contributed by atoms with Crippen LogP contribution in [0.25, 0.3) is 0 Å². The number of halogens is 1. The number of nitro groups is 1. The summed E-state index contributed by atoms with van der Waals surface area (Å²) in [5, 5.41) is 14.3. The van der Waals surface area contributed by atoms with E-state index in [9.17, 15) is 10.1 Å². The van der Waals surface area contributed by atoms with Crippen LogP contribution in [0.3, 0.4) is 0 Å². The number of aryl methyl sites for hydroxylation is 1. The third kappa shape index (κ3) is 2.70. The predicted molar refractivity (Wildman–Crippen MR) is 53.4 cm³/mol. The largest absolute Gasteiger partial charge is 0.408 e. The smallest absolute Gasteiger partial charge is 0.358 e. The van der Waals surface area contributed by atoms with Gasteiger partial charge in [0.2, 0.25) is 0 Å². The average Bonchev–Trinajstić information content (AvgIpc) is 2.47. The van der Waals surface area contributed by atoms with E-state index in [-0.39, 0.29) is 10.8 Å². The van der Waals surface area contributed by atoms with Gasteiger partial charge in [0, 0.05) is 0 Å². The zero-order valence-corrected chi connectivity index (χ0v) is 8.70. The van der Waals surface area contributed by atoms with Crippen molar-refractivity contribution in [2.24, 2.45) is 0 Å². The zero-order chi connectivity index (χ0) is 10.6. The molecule has 0 saturated carbocycles. The maximum Gasteiger partial charge on any atom is 0.408 e. The molecule has 0 aliphatic heterocycles. The molecule has 1 heterocycles. The van der Waals surface area contributed by atoms with Gasteiger partial charge in [-0.3, -0.25) is 0 Å². The van der Waals surface area contributed by atoms with Crippen LogP contribution in [0.4, 0.5) is 5.82 Å². The van der Waals surface area contributed by atoms with E-state index in [4.69, 9.17) is 11.6 Å². The lowest BCUT2D eigenvalue weighted by Crippen LogP contribution is -1.99. The summed E-state index contributed by atoms with van der Waals surface area (Å²) in [6, 6.07) is 0. The molecule has 0 N–H and O–H groups in total. The second-order valence-corrected chi connectivity index (χ2v) is 3.44. The lowest BCUT2D eigenvalue weighted by molar-refractivity contribution is -0.389. The summed E-state index contributed by atoms with van der Waals surface area (Å²) in [4.78, 5) is 9.84. The van der Waals surface area contributed by atoms with Gasteiger partial charge in [0.15, 0.2) is 5.02 Å². The van der Waals surface area contributed by atoms with Crippen LogP contribution in [-0.4, -0.2) is 14.7 Å². The van der Waals surface area contributed by atoms with Gasteiger partial charge < -0.3 is 10.1 Å². The normalized spacial score (nSPS) is 10.4. The topological polar surface area (TPSA) is 61.0 Å². The first-order valence-corrected chi connectivity index (χ1v) is 4.90. The van der Waals surface area contributed by atoms with Crippen molar-refractivity contribution < 1.29 is 4.92 Å². The molecule has 0 unspecified atom stereocenters. The molecule has 0 aliphatic carbocycles. The van der Waals surface area contributed by atoms with E-state index >= 15 is 0 Å². The Morgan fingerprint density at radius 2 is 2.36 bits per heavy atom. The van der Waals surface area contributed by atoms with Crippen LogP contribution in [0.2, 0.25) is 5.02 Å². The minimum Gasteiger partial charge on any atom is -0.358 e. The average molecular weight is 218 g/mol. The summed E-state index contributed by atoms with van der Waals surface area (Å²) in [6.07, 6.45) is 4.66. The Hall–Kier alpha value is -1.10. The summed E-state index contributed by atoms with van der Waals surface area (Å²) in [7, 11) is 0. The van der Waals surface area contributed by atoms with Crippen LogP contribution in [-0.2, 0) is 6.54 Å². The highest BCUT2D eigenvalue weighted by Gasteiger charge is 2.18. The summed E-state index contributed by atoms with van der Waals surface area (Å²) in [5.74, 6) is -0.261. The van der Waals surface area contributed by atoms with Gasteiger partial charge >= 0.3 is 5.82 Å². The molecule has 0 amide bonds. The third-order valence-electron chi connectivity index (χ3n) is 1.86. The molecule has 0 aromatic carbocycles. The second-order valence-electron chi connectivity index (χ2n) is 3.03. The van der Waals surface area contributed by atoms with Crippen LogP contribution in [0.1, 0.15) is 26.2 Å². The highest BCUT2D eigenvalue weighted by atomic mass is 35.5. The maximum atomic E-state index is 10.4. The number of aromatic nitrogens is 2. The fourth-order valence-electron chi connectivity index (χ4n) is 1.15. The van der Waals surface area contributed by atoms with Gasteiger partial charge in [0.05, 0.1) is 17.8 Å². The molecule has 0 saturated heterocycles. The fourth-order valence-corrected chi connectivity index (χ4v) is 1.37. The quantitative estimate of drug-likeness (QED) is 0.433. The molecule has 0 atom stereocenters. The molecule has 14 heavy (non-hydrogen) atoms. The molecule has 0 spiro atoms. The molecule has 1 rings (SSSR count). The summed E-state index contributed by atoms with van der Waals surface area (Å²) < 4.78 is 1.52. The minimum absolute atomic E-state index is 0.103. The lowest BCUT2D eigenvalue weighted by atomic mass is 10.2. The zero-order valence-electron chi connectivity index (χ0n) is 7.94. The summed E-state index contributed by atoms with van der Waals surface area (Å²) in [5.41, 5.74) is 0. The number of hydrogen-bond acceptors (Lipinski definition) is 3. The van der Waals surface area contributed by atoms with Crippen molar-refractivity contribution in [2.45, 2.75) is 32.7 Å². The highest BCUT2D eigenvalue weighted by molar-refractivity contribution is 6.32. The SMILES string of the molecule is CCCCCn1cc(Cl)c([N+](=O)[O-])n1. The monoisotopic (exact) mass is 217 g/mol. The predicted octanol–water partition coefficient (Wildman–Crippen LogP) is 2.63. The van der Waals surface area contributed by atoms with Crippen LogP contribution in [0.5, 0.6) is 0 Å². The van der Waals surface area contributed by atoms with Crippen molar-refractivity contribution in [3.8, 4) is 0 Å². The van der Waals surface area contributed by atoms with Gasteiger partial charge in [-0.1, -0.05) is 31.4 Å². The summed E-state index contributed by atoms with van der Waals surface area (Å²) >= 11 is 5.63. The fraction of sp³-hybridized carbons (Fsp3) is 0.625. The van der Waals surface area contributed by atoms with Gasteiger partial charge in [0.25, 0.3) is 0 Å². The van der Waals surface area contributed by atoms with Crippen LogP contribution in [0.15, 0.2) is 6.20 Å². The van der Waals surface area contributed by atoms with E-state index in [0.29, 0.717) is 6.54 Å². The van der Waals surface area contributed by atoms with Gasteiger partial charge in [-0.05, 0) is 11.3 Å². The number of rotatable bonds is 5. The molecule has 0 radical (unpaired) electrons. The van der Waals surface area contributed by atoms with Crippen molar-refractivity contribution in [2.75, 3.05) is 0 Å². The number of unbranched alkanes of at least 4 members (excludes halogenated alkanes) is 2. The van der Waals surface area contributed by atoms with Crippen molar-refractivity contribution in [3.63, 3.8) is 0 Å². The first-order valence-electron chi connectivity index (χ1n) is 4.52. The lowest BCUT2D eigenvalue weighted by Gasteiger charge is -1.94. The number of hydrogen-bond donors (Lipinski definition) is 0. The molecular weight excluding hydrogens is 206 g/mol. The molecule has 0 aliphatic rings. The van der Waals surface area contributed by atoms with Crippen molar-refractivity contribution in [1.29, 1.82) is 0 Å². The first-order chi connectivity index (χ1) is 6.65. The highest BCUT2D eigenvalue weighted by Crippen LogP contribution is 2.21. The summed E-state index contributed by atoms with van der Waals surface area (Å²) in [6.45, 7) is 2.78. The van der Waals surface area contributed by atoms with Gasteiger partial charge in [-0.25, -0.2) is 0 Å². The Morgan fingerprint density at radius 3 is 2.86 bits per heavy atom. The molecule has 0 fully saturated rings. The molecule has 0 bridgehead atoms. The molecule has 1 aromatic rings. The van der Waals surface area contributed by atoms with Crippen LogP contribution >= 0.6 is 11.6 Å². The first kappa shape index (κ1) is 11.0. The van der Waals surface area contributed by atoms with E-state index in [2.05, 4.69) is 12.0 Å². The molecule has 78 valence electrons. The van der Waals surface area contributed by atoms with Gasteiger partial charge in [-0.2, -0.15) is 4.68 Å². The van der Waals surface area contributed by atoms with Crippen LogP contribution in [0, 0.1) is 10.1 Å². The Bertz CT molecular complexity index is 324. The third-order valence-corrected chi connectivity index (χ3v) is 2.13. The number of nitrogens with zero attached hydrogens (tertiary/aromatic N) is 3. The van der Waals surface area contributed by atoms with Crippen LogP contribution < -0.4 is 0 Å². The molecule has 6 heteroatoms. The van der Waals surface area contributed by atoms with Crippen molar-refractivity contribution in [3.05, 3.63) is 21.3 Å². The molecule has 1 aromatic heterocycles. The molecule has 5 nitrogen and oxygen atoms in total. The van der Waals surface area contributed by atoms with E-state index in [0.717, 1.165) is 19.3 Å².